The highest BCUT2D eigenvalue weighted by molar-refractivity contribution is 6.42. The molecule has 0 aromatic heterocycles. The van der Waals surface area contributed by atoms with Gasteiger partial charge in [-0.05, 0) is 75.9 Å². The highest BCUT2D eigenvalue weighted by Gasteiger charge is 2.28. The molecule has 1 atom stereocenters. The van der Waals surface area contributed by atoms with Crippen LogP contribution in [0.25, 0.3) is 0 Å². The molecule has 2 rings (SSSR count). The van der Waals surface area contributed by atoms with Gasteiger partial charge in [0.25, 0.3) is 0 Å². The summed E-state index contributed by atoms with van der Waals surface area (Å²) in [6.45, 7) is 11.8. The summed E-state index contributed by atoms with van der Waals surface area (Å²) in [4.78, 5) is 27.7. The standard InChI is InChI=1S/C24H30Cl2N2O2/c1-15-7-8-18(11-16(15)2)13-22(29)28(17(3)23(30)27-24(4,5)6)14-19-9-10-20(25)21(26)12-19/h7-12,17H,13-14H2,1-6H3,(H,27,30)/t17-/m1/s1. The second-order valence-corrected chi connectivity index (χ2v) is 9.60. The molecule has 0 radical (unpaired) electrons. The molecule has 30 heavy (non-hydrogen) atoms. The first-order valence-electron chi connectivity index (χ1n) is 9.99. The van der Waals surface area contributed by atoms with Gasteiger partial charge in [-0.2, -0.15) is 0 Å². The lowest BCUT2D eigenvalue weighted by Gasteiger charge is -2.31. The summed E-state index contributed by atoms with van der Waals surface area (Å²) in [6.07, 6.45) is 0.218. The largest absolute Gasteiger partial charge is 0.350 e. The third kappa shape index (κ3) is 6.75. The van der Waals surface area contributed by atoms with Crippen molar-refractivity contribution in [2.45, 2.75) is 66.1 Å². The Morgan fingerprint density at radius 3 is 2.17 bits per heavy atom. The Bertz CT molecular complexity index is 935. The predicted octanol–water partition coefficient (Wildman–Crippen LogP) is 5.48. The van der Waals surface area contributed by atoms with Crippen LogP contribution < -0.4 is 5.32 Å². The van der Waals surface area contributed by atoms with E-state index in [0.29, 0.717) is 10.0 Å². The van der Waals surface area contributed by atoms with Crippen LogP contribution in [0.2, 0.25) is 10.0 Å². The molecule has 0 unspecified atom stereocenters. The Labute approximate surface area is 189 Å². The number of carbonyl (C=O) groups is 2. The first-order chi connectivity index (χ1) is 13.9. The molecular formula is C24H30Cl2N2O2. The van der Waals surface area contributed by atoms with Crippen LogP contribution in [0.5, 0.6) is 0 Å². The number of aryl methyl sites for hydroxylation is 2. The molecular weight excluding hydrogens is 419 g/mol. The summed E-state index contributed by atoms with van der Waals surface area (Å²) >= 11 is 12.2. The number of benzene rings is 2. The summed E-state index contributed by atoms with van der Waals surface area (Å²) in [7, 11) is 0. The number of hydrogen-bond donors (Lipinski definition) is 1. The monoisotopic (exact) mass is 448 g/mol. The van der Waals surface area contributed by atoms with Gasteiger partial charge in [-0.25, -0.2) is 0 Å². The molecule has 2 aromatic carbocycles. The fourth-order valence-electron chi connectivity index (χ4n) is 3.08. The van der Waals surface area contributed by atoms with E-state index in [4.69, 9.17) is 23.2 Å². The molecule has 0 bridgehead atoms. The van der Waals surface area contributed by atoms with Gasteiger partial charge < -0.3 is 10.2 Å². The highest BCUT2D eigenvalue weighted by atomic mass is 35.5. The van der Waals surface area contributed by atoms with Crippen LogP contribution in [0, 0.1) is 13.8 Å². The zero-order valence-electron chi connectivity index (χ0n) is 18.5. The molecule has 2 amide bonds. The summed E-state index contributed by atoms with van der Waals surface area (Å²) < 4.78 is 0. The SMILES string of the molecule is Cc1ccc(CC(=O)N(Cc2ccc(Cl)c(Cl)c2)[C@H](C)C(=O)NC(C)(C)C)cc1C. The maximum Gasteiger partial charge on any atom is 0.242 e. The third-order valence-corrected chi connectivity index (χ3v) is 5.67. The minimum atomic E-state index is -0.641. The van der Waals surface area contributed by atoms with E-state index in [1.807, 2.05) is 58.9 Å². The van der Waals surface area contributed by atoms with Crippen molar-refractivity contribution in [2.24, 2.45) is 0 Å². The number of nitrogens with one attached hydrogen (secondary N) is 1. The molecule has 0 fully saturated rings. The van der Waals surface area contributed by atoms with Gasteiger partial charge in [-0.1, -0.05) is 47.5 Å². The van der Waals surface area contributed by atoms with E-state index < -0.39 is 11.6 Å². The second kappa shape index (κ2) is 9.84. The topological polar surface area (TPSA) is 49.4 Å². The Kier molecular flexibility index (Phi) is 7.95. The van der Waals surface area contributed by atoms with Crippen molar-refractivity contribution >= 4 is 35.0 Å². The third-order valence-electron chi connectivity index (χ3n) is 4.93. The highest BCUT2D eigenvalue weighted by Crippen LogP contribution is 2.24. The van der Waals surface area contributed by atoms with Crippen LogP contribution in [0.15, 0.2) is 36.4 Å². The van der Waals surface area contributed by atoms with E-state index >= 15 is 0 Å². The van der Waals surface area contributed by atoms with Crippen molar-refractivity contribution in [3.8, 4) is 0 Å². The van der Waals surface area contributed by atoms with E-state index in [-0.39, 0.29) is 24.8 Å². The maximum absolute atomic E-state index is 13.3. The molecule has 0 aliphatic carbocycles. The van der Waals surface area contributed by atoms with Crippen LogP contribution in [-0.4, -0.2) is 28.3 Å². The lowest BCUT2D eigenvalue weighted by molar-refractivity contribution is -0.140. The van der Waals surface area contributed by atoms with Crippen LogP contribution in [-0.2, 0) is 22.6 Å². The lowest BCUT2D eigenvalue weighted by Crippen LogP contribution is -2.52. The summed E-state index contributed by atoms with van der Waals surface area (Å²) in [5.41, 5.74) is 3.66. The van der Waals surface area contributed by atoms with E-state index in [1.54, 1.807) is 24.0 Å². The summed E-state index contributed by atoms with van der Waals surface area (Å²) in [6, 6.07) is 10.6. The molecule has 0 aliphatic heterocycles. The van der Waals surface area contributed by atoms with Gasteiger partial charge >= 0.3 is 0 Å². The lowest BCUT2D eigenvalue weighted by atomic mass is 10.0. The zero-order valence-corrected chi connectivity index (χ0v) is 20.0. The van der Waals surface area contributed by atoms with Crippen LogP contribution in [0.1, 0.15) is 49.9 Å². The molecule has 0 saturated heterocycles. The Morgan fingerprint density at radius 1 is 0.967 bits per heavy atom. The van der Waals surface area contributed by atoms with Gasteiger partial charge in [0.05, 0.1) is 16.5 Å². The number of rotatable bonds is 6. The molecule has 4 nitrogen and oxygen atoms in total. The molecule has 6 heteroatoms. The first kappa shape index (κ1) is 24.2. The average molecular weight is 449 g/mol. The molecule has 0 saturated carbocycles. The molecule has 2 aromatic rings. The van der Waals surface area contributed by atoms with Crippen molar-refractivity contribution in [3.05, 3.63) is 68.7 Å². The van der Waals surface area contributed by atoms with Crippen molar-refractivity contribution in [2.75, 3.05) is 0 Å². The van der Waals surface area contributed by atoms with Crippen molar-refractivity contribution in [3.63, 3.8) is 0 Å². The van der Waals surface area contributed by atoms with E-state index in [0.717, 1.165) is 16.7 Å². The molecule has 162 valence electrons. The predicted molar refractivity (Wildman–Crippen MR) is 124 cm³/mol. The zero-order chi connectivity index (χ0) is 22.6. The number of hydrogen-bond acceptors (Lipinski definition) is 2. The van der Waals surface area contributed by atoms with Gasteiger partial charge in [-0.3, -0.25) is 9.59 Å². The van der Waals surface area contributed by atoms with Crippen LogP contribution in [0.4, 0.5) is 0 Å². The summed E-state index contributed by atoms with van der Waals surface area (Å²) in [5.74, 6) is -0.322. The average Bonchev–Trinajstić information content (AvgIpc) is 2.63. The smallest absolute Gasteiger partial charge is 0.242 e. The van der Waals surface area contributed by atoms with Gasteiger partial charge in [0.15, 0.2) is 0 Å². The number of halogens is 2. The minimum absolute atomic E-state index is 0.124. The van der Waals surface area contributed by atoms with Crippen LogP contribution in [0.3, 0.4) is 0 Å². The van der Waals surface area contributed by atoms with Crippen molar-refractivity contribution in [1.82, 2.24) is 10.2 Å². The summed E-state index contributed by atoms with van der Waals surface area (Å²) in [5, 5.41) is 3.83. The normalized spacial score (nSPS) is 12.4. The minimum Gasteiger partial charge on any atom is -0.350 e. The fraction of sp³-hybridized carbons (Fsp3) is 0.417. The molecule has 1 N–H and O–H groups in total. The van der Waals surface area contributed by atoms with Gasteiger partial charge in [0.2, 0.25) is 11.8 Å². The van der Waals surface area contributed by atoms with Gasteiger partial charge in [0, 0.05) is 12.1 Å². The van der Waals surface area contributed by atoms with Gasteiger partial charge in [0.1, 0.15) is 6.04 Å². The Hall–Kier alpha value is -2.04. The Balaban J connectivity index is 2.30. The fourth-order valence-corrected chi connectivity index (χ4v) is 3.40. The first-order valence-corrected chi connectivity index (χ1v) is 10.7. The number of nitrogens with zero attached hydrogens (tertiary/aromatic N) is 1. The van der Waals surface area contributed by atoms with Crippen molar-refractivity contribution < 1.29 is 9.59 Å². The molecule has 0 aliphatic rings. The quantitative estimate of drug-likeness (QED) is 0.635. The van der Waals surface area contributed by atoms with Gasteiger partial charge in [-0.15, -0.1) is 0 Å². The van der Waals surface area contributed by atoms with Crippen molar-refractivity contribution in [1.29, 1.82) is 0 Å². The number of carbonyl (C=O) groups excluding carboxylic acids is 2. The van der Waals surface area contributed by atoms with E-state index in [9.17, 15) is 9.59 Å². The molecule has 0 heterocycles. The van der Waals surface area contributed by atoms with Crippen LogP contribution >= 0.6 is 23.2 Å². The number of amides is 2. The molecule has 0 spiro atoms. The maximum atomic E-state index is 13.3. The second-order valence-electron chi connectivity index (χ2n) is 8.78. The van der Waals surface area contributed by atoms with E-state index in [2.05, 4.69) is 5.32 Å². The van der Waals surface area contributed by atoms with E-state index in [1.165, 1.54) is 5.56 Å². The Morgan fingerprint density at radius 2 is 1.60 bits per heavy atom.